The molecule has 0 aromatic carbocycles. The molecule has 1 aliphatic heterocycles. The Morgan fingerprint density at radius 3 is 2.69 bits per heavy atom. The van der Waals surface area contributed by atoms with E-state index in [1.807, 2.05) is 18.7 Å². The van der Waals surface area contributed by atoms with Gasteiger partial charge in [0.25, 0.3) is 0 Å². The second-order valence-corrected chi connectivity index (χ2v) is 7.20. The molecule has 2 aliphatic rings. The van der Waals surface area contributed by atoms with Gasteiger partial charge in [0.15, 0.2) is 5.82 Å². The zero-order valence-electron chi connectivity index (χ0n) is 15.5. The third-order valence-corrected chi connectivity index (χ3v) is 5.53. The van der Waals surface area contributed by atoms with Gasteiger partial charge in [0.2, 0.25) is 5.91 Å². The van der Waals surface area contributed by atoms with Crippen LogP contribution in [0.15, 0.2) is 10.6 Å². The van der Waals surface area contributed by atoms with Gasteiger partial charge in [-0.25, -0.2) is 0 Å². The van der Waals surface area contributed by atoms with Gasteiger partial charge in [0, 0.05) is 38.2 Å². The molecule has 0 unspecified atom stereocenters. The van der Waals surface area contributed by atoms with Gasteiger partial charge in [-0.3, -0.25) is 4.79 Å². The predicted octanol–water partition coefficient (Wildman–Crippen LogP) is 1.85. The normalized spacial score (nSPS) is 16.8. The van der Waals surface area contributed by atoms with Crippen molar-refractivity contribution in [2.75, 3.05) is 31.1 Å². The molecule has 0 saturated carbocycles. The van der Waals surface area contributed by atoms with E-state index in [-0.39, 0.29) is 5.91 Å². The summed E-state index contributed by atoms with van der Waals surface area (Å²) in [6.07, 6.45) is 4.53. The summed E-state index contributed by atoms with van der Waals surface area (Å²) in [4.78, 5) is 16.7. The van der Waals surface area contributed by atoms with Crippen LogP contribution in [0.25, 0.3) is 0 Å². The lowest BCUT2D eigenvalue weighted by molar-refractivity contribution is -0.131. The molecule has 4 rings (SSSR count). The van der Waals surface area contributed by atoms with Crippen LogP contribution < -0.4 is 4.90 Å². The zero-order chi connectivity index (χ0) is 18.1. The van der Waals surface area contributed by atoms with Crippen molar-refractivity contribution in [3.8, 4) is 0 Å². The summed E-state index contributed by atoms with van der Waals surface area (Å²) >= 11 is 0. The van der Waals surface area contributed by atoms with Crippen molar-refractivity contribution < 1.29 is 9.32 Å². The van der Waals surface area contributed by atoms with Gasteiger partial charge in [-0.15, -0.1) is 5.10 Å². The van der Waals surface area contributed by atoms with E-state index < -0.39 is 0 Å². The molecule has 0 bridgehead atoms. The Morgan fingerprint density at radius 1 is 1.15 bits per heavy atom. The molecular formula is C19H25N5O2. The first-order valence-electron chi connectivity index (χ1n) is 9.42. The number of aryl methyl sites for hydroxylation is 4. The Labute approximate surface area is 153 Å². The first-order valence-corrected chi connectivity index (χ1v) is 9.42. The molecule has 2 aromatic rings. The van der Waals surface area contributed by atoms with E-state index in [9.17, 15) is 4.79 Å². The standard InChI is InChI=1S/C19H25N5O2/c1-13-16(14(2)26-22-13)6-7-19(25)24-10-8-23(9-11-24)18-12-15-4-3-5-17(15)20-21-18/h12H,3-11H2,1-2H3. The minimum Gasteiger partial charge on any atom is -0.361 e. The van der Waals surface area contributed by atoms with Crippen molar-refractivity contribution in [1.29, 1.82) is 0 Å². The molecule has 0 N–H and O–H groups in total. The van der Waals surface area contributed by atoms with Crippen LogP contribution in [0.3, 0.4) is 0 Å². The Morgan fingerprint density at radius 2 is 1.96 bits per heavy atom. The number of amides is 1. The number of hydrogen-bond acceptors (Lipinski definition) is 6. The molecule has 1 fully saturated rings. The minimum absolute atomic E-state index is 0.199. The van der Waals surface area contributed by atoms with Crippen LogP contribution in [-0.2, 0) is 24.1 Å². The lowest BCUT2D eigenvalue weighted by Gasteiger charge is -2.35. The second-order valence-electron chi connectivity index (χ2n) is 7.20. The molecule has 1 saturated heterocycles. The van der Waals surface area contributed by atoms with E-state index >= 15 is 0 Å². The van der Waals surface area contributed by atoms with Crippen molar-refractivity contribution in [3.63, 3.8) is 0 Å². The lowest BCUT2D eigenvalue weighted by Crippen LogP contribution is -2.49. The third-order valence-electron chi connectivity index (χ3n) is 5.53. The largest absolute Gasteiger partial charge is 0.361 e. The van der Waals surface area contributed by atoms with Gasteiger partial charge < -0.3 is 14.3 Å². The number of carbonyl (C=O) groups is 1. The van der Waals surface area contributed by atoms with E-state index in [0.717, 1.165) is 67.6 Å². The summed E-state index contributed by atoms with van der Waals surface area (Å²) in [5.74, 6) is 1.97. The number of fused-ring (bicyclic) bond motifs is 1. The molecule has 0 atom stereocenters. The molecular weight excluding hydrogens is 330 g/mol. The predicted molar refractivity (Wildman–Crippen MR) is 97.1 cm³/mol. The summed E-state index contributed by atoms with van der Waals surface area (Å²) in [6.45, 7) is 6.91. The van der Waals surface area contributed by atoms with Crippen molar-refractivity contribution in [2.45, 2.75) is 46.0 Å². The third kappa shape index (κ3) is 3.30. The molecule has 0 radical (unpaired) electrons. The summed E-state index contributed by atoms with van der Waals surface area (Å²) in [6, 6.07) is 2.18. The van der Waals surface area contributed by atoms with E-state index in [0.29, 0.717) is 12.8 Å². The monoisotopic (exact) mass is 355 g/mol. The van der Waals surface area contributed by atoms with Crippen molar-refractivity contribution in [1.82, 2.24) is 20.3 Å². The van der Waals surface area contributed by atoms with E-state index in [4.69, 9.17) is 4.52 Å². The fourth-order valence-electron chi connectivity index (χ4n) is 3.91. The van der Waals surface area contributed by atoms with Crippen LogP contribution in [0.4, 0.5) is 5.82 Å². The van der Waals surface area contributed by atoms with Gasteiger partial charge >= 0.3 is 0 Å². The Bertz CT molecular complexity index is 789. The van der Waals surface area contributed by atoms with Gasteiger partial charge in [0.05, 0.1) is 11.4 Å². The first-order chi connectivity index (χ1) is 12.6. The van der Waals surface area contributed by atoms with Crippen molar-refractivity contribution in [3.05, 3.63) is 34.3 Å². The molecule has 26 heavy (non-hydrogen) atoms. The Hall–Kier alpha value is -2.44. The molecule has 7 nitrogen and oxygen atoms in total. The number of piperazine rings is 1. The fourth-order valence-corrected chi connectivity index (χ4v) is 3.91. The van der Waals surface area contributed by atoms with Crippen LogP contribution >= 0.6 is 0 Å². The first kappa shape index (κ1) is 17.0. The Balaban J connectivity index is 1.31. The number of aromatic nitrogens is 3. The number of anilines is 1. The molecule has 138 valence electrons. The van der Waals surface area contributed by atoms with Crippen LogP contribution in [0.1, 0.15) is 41.1 Å². The van der Waals surface area contributed by atoms with Crippen molar-refractivity contribution in [2.24, 2.45) is 0 Å². The maximum Gasteiger partial charge on any atom is 0.223 e. The highest BCUT2D eigenvalue weighted by Gasteiger charge is 2.24. The van der Waals surface area contributed by atoms with E-state index in [1.165, 1.54) is 12.0 Å². The average Bonchev–Trinajstić information content (AvgIpc) is 3.26. The van der Waals surface area contributed by atoms with Crippen LogP contribution in [0, 0.1) is 13.8 Å². The van der Waals surface area contributed by atoms with Crippen LogP contribution in [0.5, 0.6) is 0 Å². The maximum atomic E-state index is 12.5. The number of carbonyl (C=O) groups excluding carboxylic acids is 1. The quantitative estimate of drug-likeness (QED) is 0.833. The van der Waals surface area contributed by atoms with E-state index in [1.54, 1.807) is 0 Å². The Kier molecular flexibility index (Phi) is 4.61. The molecule has 0 spiro atoms. The molecule has 1 amide bonds. The average molecular weight is 355 g/mol. The fraction of sp³-hybridized carbons (Fsp3) is 0.579. The highest BCUT2D eigenvalue weighted by atomic mass is 16.5. The molecule has 3 heterocycles. The summed E-state index contributed by atoms with van der Waals surface area (Å²) in [5.41, 5.74) is 4.44. The molecule has 1 aliphatic carbocycles. The number of rotatable bonds is 4. The maximum absolute atomic E-state index is 12.5. The van der Waals surface area contributed by atoms with Gasteiger partial charge in [0.1, 0.15) is 5.76 Å². The second kappa shape index (κ2) is 7.05. The summed E-state index contributed by atoms with van der Waals surface area (Å²) in [7, 11) is 0. The number of hydrogen-bond donors (Lipinski definition) is 0. The summed E-state index contributed by atoms with van der Waals surface area (Å²) in [5, 5.41) is 12.7. The molecule has 2 aromatic heterocycles. The van der Waals surface area contributed by atoms with E-state index in [2.05, 4.69) is 26.3 Å². The minimum atomic E-state index is 0.199. The van der Waals surface area contributed by atoms with Gasteiger partial charge in [-0.05, 0) is 51.2 Å². The van der Waals surface area contributed by atoms with Gasteiger partial charge in [-0.2, -0.15) is 5.10 Å². The topological polar surface area (TPSA) is 75.4 Å². The van der Waals surface area contributed by atoms with Crippen LogP contribution in [-0.4, -0.2) is 52.3 Å². The highest BCUT2D eigenvalue weighted by molar-refractivity contribution is 5.76. The smallest absolute Gasteiger partial charge is 0.223 e. The van der Waals surface area contributed by atoms with Crippen molar-refractivity contribution >= 4 is 11.7 Å². The zero-order valence-corrected chi connectivity index (χ0v) is 15.5. The van der Waals surface area contributed by atoms with Gasteiger partial charge in [-0.1, -0.05) is 5.16 Å². The molecule has 7 heteroatoms. The van der Waals surface area contributed by atoms with Crippen LogP contribution in [0.2, 0.25) is 0 Å². The highest BCUT2D eigenvalue weighted by Crippen LogP contribution is 2.23. The summed E-state index contributed by atoms with van der Waals surface area (Å²) < 4.78 is 5.17. The number of nitrogens with zero attached hydrogens (tertiary/aromatic N) is 5. The SMILES string of the molecule is Cc1noc(C)c1CCC(=O)N1CCN(c2cc3c(nn2)CCC3)CC1. The lowest BCUT2D eigenvalue weighted by atomic mass is 10.1.